The van der Waals surface area contributed by atoms with E-state index in [1.165, 1.54) is 0 Å². The normalized spacial score (nSPS) is 19.5. The average molecular weight is 341 g/mol. The molecule has 0 radical (unpaired) electrons. The summed E-state index contributed by atoms with van der Waals surface area (Å²) in [6.45, 7) is 2.48. The van der Waals surface area contributed by atoms with Gasteiger partial charge in [0.25, 0.3) is 0 Å². The van der Waals surface area contributed by atoms with E-state index in [2.05, 4.69) is 15.2 Å². The number of halogens is 1. The van der Waals surface area contributed by atoms with Crippen molar-refractivity contribution in [2.24, 2.45) is 0 Å². The Bertz CT molecular complexity index is 803. The highest BCUT2D eigenvalue weighted by atomic mass is 35.5. The second-order valence-electron chi connectivity index (χ2n) is 5.45. The summed E-state index contributed by atoms with van der Waals surface area (Å²) in [5.41, 5.74) is 0.755. The Morgan fingerprint density at radius 3 is 2.91 bits per heavy atom. The summed E-state index contributed by atoms with van der Waals surface area (Å²) in [4.78, 5) is 6.70. The number of aromatic amines is 1. The quantitative estimate of drug-likeness (QED) is 0.920. The molecule has 0 fully saturated rings. The van der Waals surface area contributed by atoms with Crippen LogP contribution in [0.3, 0.4) is 0 Å². The molecule has 22 heavy (non-hydrogen) atoms. The van der Waals surface area contributed by atoms with Crippen LogP contribution in [0, 0.1) is 0 Å². The van der Waals surface area contributed by atoms with Crippen LogP contribution in [0.5, 0.6) is 0 Å². The molecule has 1 unspecified atom stereocenters. The summed E-state index contributed by atoms with van der Waals surface area (Å²) in [7, 11) is -1.38. The molecule has 3 rings (SSSR count). The van der Waals surface area contributed by atoms with Gasteiger partial charge in [0.15, 0.2) is 9.84 Å². The second kappa shape index (κ2) is 5.64. The van der Waals surface area contributed by atoms with Gasteiger partial charge < -0.3 is 0 Å². The second-order valence-corrected chi connectivity index (χ2v) is 7.89. The Kier molecular flexibility index (Phi) is 3.96. The molecular weight excluding hydrogens is 324 g/mol. The molecule has 1 atom stereocenters. The lowest BCUT2D eigenvalue weighted by atomic mass is 10.1. The highest BCUT2D eigenvalue weighted by molar-refractivity contribution is 7.91. The zero-order valence-corrected chi connectivity index (χ0v) is 13.9. The first-order valence-corrected chi connectivity index (χ1v) is 9.06. The highest BCUT2D eigenvalue weighted by Crippen LogP contribution is 2.38. The van der Waals surface area contributed by atoms with Crippen molar-refractivity contribution in [3.05, 3.63) is 40.4 Å². The maximum atomic E-state index is 12.3. The van der Waals surface area contributed by atoms with Crippen molar-refractivity contribution >= 4 is 21.4 Å². The number of H-pyrrole nitrogens is 1. The smallest absolute Gasteiger partial charge is 0.180 e. The molecule has 118 valence electrons. The van der Waals surface area contributed by atoms with Gasteiger partial charge in [-0.05, 0) is 30.8 Å². The van der Waals surface area contributed by atoms with Crippen molar-refractivity contribution in [3.8, 4) is 0 Å². The molecule has 1 aromatic carbocycles. The lowest BCUT2D eigenvalue weighted by Crippen LogP contribution is -2.26. The first-order chi connectivity index (χ1) is 10.4. The van der Waals surface area contributed by atoms with Crippen molar-refractivity contribution in [1.29, 1.82) is 0 Å². The third kappa shape index (κ3) is 2.76. The lowest BCUT2D eigenvalue weighted by Gasteiger charge is -2.23. The first-order valence-electron chi connectivity index (χ1n) is 7.03. The third-order valence-corrected chi connectivity index (χ3v) is 5.90. The van der Waals surface area contributed by atoms with Crippen molar-refractivity contribution in [1.82, 2.24) is 20.1 Å². The molecule has 1 aliphatic heterocycles. The Balaban J connectivity index is 1.88. The van der Waals surface area contributed by atoms with E-state index >= 15 is 0 Å². The van der Waals surface area contributed by atoms with E-state index in [9.17, 15) is 8.42 Å². The summed E-state index contributed by atoms with van der Waals surface area (Å²) < 4.78 is 24.6. The van der Waals surface area contributed by atoms with E-state index < -0.39 is 9.84 Å². The number of nitrogens with one attached hydrogen (secondary N) is 1. The Labute approximate surface area is 134 Å². The average Bonchev–Trinajstić information content (AvgIpc) is 3.01. The molecule has 6 nitrogen and oxygen atoms in total. The van der Waals surface area contributed by atoms with E-state index in [1.807, 2.05) is 18.9 Å². The van der Waals surface area contributed by atoms with E-state index in [0.29, 0.717) is 16.5 Å². The molecule has 0 aliphatic carbocycles. The molecule has 2 aromatic rings. The van der Waals surface area contributed by atoms with Gasteiger partial charge in [-0.3, -0.25) is 10.00 Å². The fourth-order valence-electron chi connectivity index (χ4n) is 2.73. The van der Waals surface area contributed by atoms with Gasteiger partial charge in [-0.2, -0.15) is 5.10 Å². The molecule has 1 N–H and O–H groups in total. The lowest BCUT2D eigenvalue weighted by molar-refractivity contribution is 0.251. The van der Waals surface area contributed by atoms with Crippen LogP contribution in [0.2, 0.25) is 5.02 Å². The summed E-state index contributed by atoms with van der Waals surface area (Å²) >= 11 is 6.03. The van der Waals surface area contributed by atoms with Crippen molar-refractivity contribution in [3.63, 3.8) is 0 Å². The van der Waals surface area contributed by atoms with Crippen LogP contribution in [0.25, 0.3) is 0 Å². The van der Waals surface area contributed by atoms with Crippen LogP contribution in [-0.4, -0.2) is 41.3 Å². The minimum atomic E-state index is -3.25. The van der Waals surface area contributed by atoms with Crippen LogP contribution in [-0.2, 0) is 22.8 Å². The number of sulfone groups is 1. The minimum absolute atomic E-state index is 0.0634. The number of rotatable bonds is 4. The van der Waals surface area contributed by atoms with Gasteiger partial charge in [0.2, 0.25) is 0 Å². The summed E-state index contributed by atoms with van der Waals surface area (Å²) in [6.07, 6.45) is 0.760. The number of aryl methyl sites for hydroxylation is 1. The first kappa shape index (κ1) is 15.5. The van der Waals surface area contributed by atoms with Crippen molar-refractivity contribution < 1.29 is 8.42 Å². The van der Waals surface area contributed by atoms with Gasteiger partial charge in [-0.25, -0.2) is 13.4 Å². The van der Waals surface area contributed by atoms with Crippen molar-refractivity contribution in [2.75, 3.05) is 12.8 Å². The van der Waals surface area contributed by atoms with Crippen LogP contribution < -0.4 is 0 Å². The number of fused-ring (bicyclic) bond motifs is 1. The molecule has 0 amide bonds. The van der Waals surface area contributed by atoms with Gasteiger partial charge in [0, 0.05) is 11.4 Å². The number of nitrogens with zero attached hydrogens (tertiary/aromatic N) is 3. The molecule has 1 aromatic heterocycles. The molecular formula is C14H17ClN4O2S. The maximum Gasteiger partial charge on any atom is 0.180 e. The Hall–Kier alpha value is -1.44. The van der Waals surface area contributed by atoms with Gasteiger partial charge in [0.05, 0.1) is 23.2 Å². The SMILES string of the molecule is CCc1n[nH]c(CN(C)C2CS(=O)(=O)c3ccc(Cl)cc32)n1. The number of hydrogen-bond donors (Lipinski definition) is 1. The monoisotopic (exact) mass is 340 g/mol. The van der Waals surface area contributed by atoms with Crippen LogP contribution in [0.15, 0.2) is 23.1 Å². The van der Waals surface area contributed by atoms with Crippen LogP contribution >= 0.6 is 11.6 Å². The Morgan fingerprint density at radius 1 is 1.45 bits per heavy atom. The zero-order valence-electron chi connectivity index (χ0n) is 12.4. The largest absolute Gasteiger partial charge is 0.291 e. The minimum Gasteiger partial charge on any atom is -0.291 e. The molecule has 0 saturated carbocycles. The predicted molar refractivity (Wildman–Crippen MR) is 83.5 cm³/mol. The molecule has 0 bridgehead atoms. The van der Waals surface area contributed by atoms with Crippen LogP contribution in [0.1, 0.15) is 30.2 Å². The topological polar surface area (TPSA) is 79.0 Å². The van der Waals surface area contributed by atoms with E-state index in [-0.39, 0.29) is 11.8 Å². The number of aromatic nitrogens is 3. The molecule has 1 aliphatic rings. The molecule has 0 spiro atoms. The number of benzene rings is 1. The van der Waals surface area contributed by atoms with Crippen molar-refractivity contribution in [2.45, 2.75) is 30.8 Å². The predicted octanol–water partition coefficient (Wildman–Crippen LogP) is 1.98. The van der Waals surface area contributed by atoms with Gasteiger partial charge in [-0.1, -0.05) is 18.5 Å². The third-order valence-electron chi connectivity index (χ3n) is 3.87. The molecule has 2 heterocycles. The fourth-order valence-corrected chi connectivity index (χ4v) is 4.76. The molecule has 0 saturated heterocycles. The van der Waals surface area contributed by atoms with Crippen LogP contribution in [0.4, 0.5) is 0 Å². The Morgan fingerprint density at radius 2 is 2.23 bits per heavy atom. The van der Waals surface area contributed by atoms with Gasteiger partial charge >= 0.3 is 0 Å². The van der Waals surface area contributed by atoms with E-state index in [4.69, 9.17) is 11.6 Å². The fraction of sp³-hybridized carbons (Fsp3) is 0.429. The van der Waals surface area contributed by atoms with Gasteiger partial charge in [0.1, 0.15) is 11.6 Å². The standard InChI is InChI=1S/C14H17ClN4O2S/c1-3-13-16-14(18-17-13)7-19(2)11-8-22(20,21)12-5-4-9(15)6-10(11)12/h4-6,11H,3,7-8H2,1-2H3,(H,16,17,18). The van der Waals surface area contributed by atoms with Gasteiger partial charge in [-0.15, -0.1) is 0 Å². The summed E-state index contributed by atoms with van der Waals surface area (Å²) in [6, 6.07) is 4.71. The number of hydrogen-bond acceptors (Lipinski definition) is 5. The highest BCUT2D eigenvalue weighted by Gasteiger charge is 2.37. The van der Waals surface area contributed by atoms with E-state index in [1.54, 1.807) is 18.2 Å². The zero-order chi connectivity index (χ0) is 15.9. The molecule has 8 heteroatoms. The summed E-state index contributed by atoms with van der Waals surface area (Å²) in [5.74, 6) is 1.55. The summed E-state index contributed by atoms with van der Waals surface area (Å²) in [5, 5.41) is 7.53. The van der Waals surface area contributed by atoms with E-state index in [0.717, 1.165) is 23.6 Å². The maximum absolute atomic E-state index is 12.3.